The molecule has 4 nitrogen and oxygen atoms in total. The van der Waals surface area contributed by atoms with Crippen molar-refractivity contribution in [2.24, 2.45) is 0 Å². The van der Waals surface area contributed by atoms with Gasteiger partial charge < -0.3 is 10.4 Å². The van der Waals surface area contributed by atoms with Gasteiger partial charge in [-0.15, -0.1) is 0 Å². The van der Waals surface area contributed by atoms with Gasteiger partial charge >= 0.3 is 5.97 Å². The van der Waals surface area contributed by atoms with Crippen molar-refractivity contribution in [2.45, 2.75) is 13.8 Å². The average Bonchev–Trinajstić information content (AvgIpc) is 2.25. The summed E-state index contributed by atoms with van der Waals surface area (Å²) in [6.07, 6.45) is 3.59. The minimum absolute atomic E-state index is 0.0920. The van der Waals surface area contributed by atoms with Gasteiger partial charge in [-0.05, 0) is 30.2 Å². The number of aromatic carboxylic acids is 1. The first-order valence-corrected chi connectivity index (χ1v) is 5.25. The second-order valence-electron chi connectivity index (χ2n) is 3.72. The molecule has 0 unspecified atom stereocenters. The number of nitrogens with one attached hydrogen (secondary N) is 1. The zero-order valence-corrected chi connectivity index (χ0v) is 9.86. The number of carboxylic acids is 1. The van der Waals surface area contributed by atoms with Crippen molar-refractivity contribution in [3.05, 3.63) is 41.0 Å². The van der Waals surface area contributed by atoms with Crippen molar-refractivity contribution < 1.29 is 14.7 Å². The molecule has 0 aliphatic rings. The van der Waals surface area contributed by atoms with E-state index in [4.69, 9.17) is 5.11 Å². The molecule has 17 heavy (non-hydrogen) atoms. The topological polar surface area (TPSA) is 66.4 Å². The number of aryl methyl sites for hydroxylation is 1. The molecule has 0 aliphatic heterocycles. The van der Waals surface area contributed by atoms with Crippen LogP contribution in [0.1, 0.15) is 28.4 Å². The fraction of sp³-hybridized carbons (Fsp3) is 0.231. The summed E-state index contributed by atoms with van der Waals surface area (Å²) in [7, 11) is 0. The van der Waals surface area contributed by atoms with E-state index in [1.165, 1.54) is 6.92 Å². The van der Waals surface area contributed by atoms with Crippen LogP contribution in [0.5, 0.6) is 0 Å². The molecule has 0 aromatic heterocycles. The first-order valence-electron chi connectivity index (χ1n) is 5.25. The third kappa shape index (κ3) is 4.10. The van der Waals surface area contributed by atoms with Gasteiger partial charge in [-0.25, -0.2) is 4.79 Å². The molecule has 1 amide bonds. The van der Waals surface area contributed by atoms with Gasteiger partial charge in [0.15, 0.2) is 0 Å². The first kappa shape index (κ1) is 13.0. The van der Waals surface area contributed by atoms with Crippen LogP contribution in [-0.2, 0) is 4.79 Å². The molecule has 90 valence electrons. The smallest absolute Gasteiger partial charge is 0.335 e. The number of carbonyl (C=O) groups excluding carboxylic acids is 1. The zero-order chi connectivity index (χ0) is 12.8. The molecule has 0 aliphatic carbocycles. The van der Waals surface area contributed by atoms with Gasteiger partial charge in [-0.3, -0.25) is 4.79 Å². The minimum atomic E-state index is -0.943. The number of carbonyl (C=O) groups is 2. The molecule has 1 rings (SSSR count). The highest BCUT2D eigenvalue weighted by atomic mass is 16.4. The van der Waals surface area contributed by atoms with Crippen LogP contribution in [0.3, 0.4) is 0 Å². The predicted octanol–water partition coefficient (Wildman–Crippen LogP) is 1.84. The molecule has 0 heterocycles. The number of hydrogen-bond acceptors (Lipinski definition) is 2. The van der Waals surface area contributed by atoms with Crippen molar-refractivity contribution in [2.75, 3.05) is 6.54 Å². The Kier molecular flexibility index (Phi) is 4.46. The maximum absolute atomic E-state index is 10.8. The van der Waals surface area contributed by atoms with E-state index in [1.54, 1.807) is 30.4 Å². The van der Waals surface area contributed by atoms with Crippen LogP contribution >= 0.6 is 0 Å². The Labute approximate surface area is 100.0 Å². The molecule has 0 saturated heterocycles. The maximum atomic E-state index is 10.8. The summed E-state index contributed by atoms with van der Waals surface area (Å²) < 4.78 is 0. The van der Waals surface area contributed by atoms with E-state index in [1.807, 2.05) is 6.92 Å². The van der Waals surface area contributed by atoms with E-state index in [0.717, 1.165) is 11.1 Å². The zero-order valence-electron chi connectivity index (χ0n) is 9.86. The highest BCUT2D eigenvalue weighted by Gasteiger charge is 2.03. The number of amides is 1. The highest BCUT2D eigenvalue weighted by molar-refractivity contribution is 5.88. The Morgan fingerprint density at radius 1 is 1.41 bits per heavy atom. The van der Waals surface area contributed by atoms with Crippen LogP contribution in [0, 0.1) is 6.92 Å². The highest BCUT2D eigenvalue weighted by Crippen LogP contribution is 2.12. The second-order valence-corrected chi connectivity index (χ2v) is 3.72. The van der Waals surface area contributed by atoms with Gasteiger partial charge in [0, 0.05) is 13.5 Å². The summed E-state index contributed by atoms with van der Waals surface area (Å²) in [4.78, 5) is 21.4. The van der Waals surface area contributed by atoms with Crippen LogP contribution in [0.4, 0.5) is 0 Å². The SMILES string of the molecule is CC(=O)NCC=Cc1cc(C(=O)O)ccc1C. The fourth-order valence-corrected chi connectivity index (χ4v) is 1.34. The fourth-order valence-electron chi connectivity index (χ4n) is 1.34. The lowest BCUT2D eigenvalue weighted by molar-refractivity contribution is -0.118. The van der Waals surface area contributed by atoms with Gasteiger partial charge in [0.1, 0.15) is 0 Å². The number of hydrogen-bond donors (Lipinski definition) is 2. The monoisotopic (exact) mass is 233 g/mol. The lowest BCUT2D eigenvalue weighted by atomic mass is 10.0. The molecule has 1 aromatic rings. The van der Waals surface area contributed by atoms with Crippen molar-refractivity contribution in [1.82, 2.24) is 5.32 Å². The van der Waals surface area contributed by atoms with Crippen LogP contribution in [0.2, 0.25) is 0 Å². The van der Waals surface area contributed by atoms with Crippen molar-refractivity contribution in [3.63, 3.8) is 0 Å². The summed E-state index contributed by atoms with van der Waals surface area (Å²) in [5, 5.41) is 11.5. The van der Waals surface area contributed by atoms with Gasteiger partial charge in [0.05, 0.1) is 5.56 Å². The minimum Gasteiger partial charge on any atom is -0.478 e. The third-order valence-corrected chi connectivity index (χ3v) is 2.29. The Hall–Kier alpha value is -2.10. The summed E-state index contributed by atoms with van der Waals surface area (Å²) in [6, 6.07) is 4.95. The lowest BCUT2D eigenvalue weighted by Crippen LogP contribution is -2.19. The molecule has 0 bridgehead atoms. The Morgan fingerprint density at radius 3 is 2.71 bits per heavy atom. The Bertz CT molecular complexity index is 464. The number of rotatable bonds is 4. The molecule has 4 heteroatoms. The molecular weight excluding hydrogens is 218 g/mol. The molecule has 1 aromatic carbocycles. The van der Waals surface area contributed by atoms with Gasteiger partial charge in [0.2, 0.25) is 5.91 Å². The summed E-state index contributed by atoms with van der Waals surface area (Å²) >= 11 is 0. The Morgan fingerprint density at radius 2 is 2.12 bits per heavy atom. The van der Waals surface area contributed by atoms with Gasteiger partial charge in [-0.1, -0.05) is 18.2 Å². The largest absolute Gasteiger partial charge is 0.478 e. The van der Waals surface area contributed by atoms with Crippen LogP contribution in [0.15, 0.2) is 24.3 Å². The van der Waals surface area contributed by atoms with E-state index in [0.29, 0.717) is 6.54 Å². The van der Waals surface area contributed by atoms with Crippen LogP contribution in [0.25, 0.3) is 6.08 Å². The normalized spacial score (nSPS) is 10.5. The molecular formula is C13H15NO3. The summed E-state index contributed by atoms with van der Waals surface area (Å²) in [6.45, 7) is 3.79. The van der Waals surface area contributed by atoms with E-state index < -0.39 is 5.97 Å². The lowest BCUT2D eigenvalue weighted by Gasteiger charge is -2.02. The van der Waals surface area contributed by atoms with E-state index >= 15 is 0 Å². The molecule has 0 saturated carbocycles. The van der Waals surface area contributed by atoms with Crippen LogP contribution < -0.4 is 5.32 Å². The first-order chi connectivity index (χ1) is 8.00. The van der Waals surface area contributed by atoms with E-state index in [-0.39, 0.29) is 11.5 Å². The summed E-state index contributed by atoms with van der Waals surface area (Å²) in [5.41, 5.74) is 2.10. The molecule has 0 fully saturated rings. The quantitative estimate of drug-likeness (QED) is 0.834. The van der Waals surface area contributed by atoms with E-state index in [2.05, 4.69) is 5.32 Å². The third-order valence-electron chi connectivity index (χ3n) is 2.29. The molecule has 0 atom stereocenters. The summed E-state index contributed by atoms with van der Waals surface area (Å²) in [5.74, 6) is -1.04. The number of benzene rings is 1. The van der Waals surface area contributed by atoms with Gasteiger partial charge in [0.25, 0.3) is 0 Å². The van der Waals surface area contributed by atoms with Crippen molar-refractivity contribution >= 4 is 18.0 Å². The maximum Gasteiger partial charge on any atom is 0.335 e. The number of carboxylic acid groups (broad SMARTS) is 1. The Balaban J connectivity index is 2.79. The molecule has 0 spiro atoms. The average molecular weight is 233 g/mol. The van der Waals surface area contributed by atoms with Crippen molar-refractivity contribution in [3.8, 4) is 0 Å². The molecule has 0 radical (unpaired) electrons. The van der Waals surface area contributed by atoms with E-state index in [9.17, 15) is 9.59 Å². The predicted molar refractivity (Wildman–Crippen MR) is 65.9 cm³/mol. The van der Waals surface area contributed by atoms with Crippen LogP contribution in [-0.4, -0.2) is 23.5 Å². The second kappa shape index (κ2) is 5.84. The molecule has 2 N–H and O–H groups in total. The van der Waals surface area contributed by atoms with Gasteiger partial charge in [-0.2, -0.15) is 0 Å². The van der Waals surface area contributed by atoms with Crippen molar-refractivity contribution in [1.29, 1.82) is 0 Å². The standard InChI is InChI=1S/C13H15NO3/c1-9-5-6-12(13(16)17)8-11(9)4-3-7-14-10(2)15/h3-6,8H,7H2,1-2H3,(H,14,15)(H,16,17).